The van der Waals surface area contributed by atoms with E-state index < -0.39 is 20.6 Å². The fourth-order valence-electron chi connectivity index (χ4n) is 1.61. The molecule has 0 atom stereocenters. The maximum atomic E-state index is 11.2. The normalized spacial score (nSPS) is 11.7. The molecule has 22 heavy (non-hydrogen) atoms. The van der Waals surface area contributed by atoms with Gasteiger partial charge in [0.05, 0.1) is 16.0 Å². The molecule has 116 valence electrons. The lowest BCUT2D eigenvalue weighted by Crippen LogP contribution is -2.12. The number of nitro groups is 1. The summed E-state index contributed by atoms with van der Waals surface area (Å²) in [5.74, 6) is 0. The highest BCUT2D eigenvalue weighted by molar-refractivity contribution is 7.89. The zero-order chi connectivity index (χ0) is 16.3. The molecule has 0 fully saturated rings. The number of nitrogens with zero attached hydrogens (tertiary/aromatic N) is 2. The maximum absolute atomic E-state index is 11.2. The van der Waals surface area contributed by atoms with E-state index in [0.29, 0.717) is 0 Å². The van der Waals surface area contributed by atoms with Crippen molar-refractivity contribution in [3.8, 4) is 0 Å². The molecule has 0 aliphatic heterocycles. The van der Waals surface area contributed by atoms with Crippen molar-refractivity contribution >= 4 is 38.9 Å². The molecule has 1 aromatic carbocycles. The molecule has 0 unspecified atom stereocenters. The minimum absolute atomic E-state index is 0.0721. The molecule has 1 aromatic heterocycles. The molecule has 0 bridgehead atoms. The third kappa shape index (κ3) is 3.67. The second-order valence-corrected chi connectivity index (χ2v) is 6.83. The van der Waals surface area contributed by atoms with Gasteiger partial charge in [-0.15, -0.1) is 11.3 Å². The van der Waals surface area contributed by atoms with Crippen LogP contribution in [0, 0.1) is 17.0 Å². The molecule has 0 aliphatic carbocycles. The third-order valence-corrected chi connectivity index (χ3v) is 4.63. The van der Waals surface area contributed by atoms with Gasteiger partial charge in [-0.1, -0.05) is 0 Å². The second-order valence-electron chi connectivity index (χ2n) is 4.32. The van der Waals surface area contributed by atoms with Gasteiger partial charge in [-0.25, -0.2) is 13.6 Å². The molecule has 10 heteroatoms. The Kier molecular flexibility index (Phi) is 4.54. The molecule has 0 saturated carbocycles. The van der Waals surface area contributed by atoms with E-state index >= 15 is 0 Å². The van der Waals surface area contributed by atoms with Gasteiger partial charge in [0.1, 0.15) is 5.69 Å². The molecule has 2 rings (SSSR count). The highest BCUT2D eigenvalue weighted by atomic mass is 32.2. The molecule has 0 radical (unpaired) electrons. The Morgan fingerprint density at radius 2 is 2.14 bits per heavy atom. The first kappa shape index (κ1) is 16.1. The van der Waals surface area contributed by atoms with Crippen molar-refractivity contribution in [3.63, 3.8) is 0 Å². The number of hydrazone groups is 1. The standard InChI is InChI=1S/C12H12N4O4S2/c1-8-4-5-21-12(8)7-14-15-10-3-2-9(22(13,19)20)6-11(10)16(17)18/h2-7,15H,1H3,(H2,13,19,20). The van der Waals surface area contributed by atoms with Gasteiger partial charge in [-0.2, -0.15) is 5.10 Å². The second kappa shape index (κ2) is 6.22. The summed E-state index contributed by atoms with van der Waals surface area (Å²) in [6.45, 7) is 1.92. The van der Waals surface area contributed by atoms with Crippen LogP contribution in [0.1, 0.15) is 10.4 Å². The molecule has 0 spiro atoms. The predicted molar refractivity (Wildman–Crippen MR) is 84.7 cm³/mol. The summed E-state index contributed by atoms with van der Waals surface area (Å²) in [5.41, 5.74) is 3.22. The van der Waals surface area contributed by atoms with E-state index in [-0.39, 0.29) is 10.6 Å². The molecule has 3 N–H and O–H groups in total. The van der Waals surface area contributed by atoms with Crippen molar-refractivity contribution < 1.29 is 13.3 Å². The summed E-state index contributed by atoms with van der Waals surface area (Å²) in [6, 6.07) is 5.24. The van der Waals surface area contributed by atoms with Crippen molar-refractivity contribution in [2.24, 2.45) is 10.2 Å². The number of hydrogen-bond acceptors (Lipinski definition) is 7. The summed E-state index contributed by atoms with van der Waals surface area (Å²) in [5, 5.41) is 21.8. The monoisotopic (exact) mass is 340 g/mol. The number of nitrogens with two attached hydrogens (primary N) is 1. The largest absolute Gasteiger partial charge is 0.295 e. The van der Waals surface area contributed by atoms with Gasteiger partial charge < -0.3 is 0 Å². The van der Waals surface area contributed by atoms with Crippen LogP contribution in [0.5, 0.6) is 0 Å². The molecule has 8 nitrogen and oxygen atoms in total. The van der Waals surface area contributed by atoms with Gasteiger partial charge >= 0.3 is 0 Å². The molecule has 2 aromatic rings. The van der Waals surface area contributed by atoms with Gasteiger partial charge in [-0.05, 0) is 36.1 Å². The first-order chi connectivity index (χ1) is 10.3. The maximum Gasteiger partial charge on any atom is 0.295 e. The van der Waals surface area contributed by atoms with E-state index in [4.69, 9.17) is 5.14 Å². The molecule has 0 aliphatic rings. The van der Waals surface area contributed by atoms with Gasteiger partial charge in [0, 0.05) is 10.9 Å². The number of primary sulfonamides is 1. The van der Waals surface area contributed by atoms with Crippen LogP contribution in [-0.4, -0.2) is 19.6 Å². The Labute approximate surface area is 130 Å². The number of nitro benzene ring substituents is 1. The van der Waals surface area contributed by atoms with Crippen LogP contribution >= 0.6 is 11.3 Å². The molecular weight excluding hydrogens is 328 g/mol. The lowest BCUT2D eigenvalue weighted by atomic mass is 10.3. The number of aryl methyl sites for hydroxylation is 1. The van der Waals surface area contributed by atoms with Crippen molar-refractivity contribution in [2.45, 2.75) is 11.8 Å². The lowest BCUT2D eigenvalue weighted by molar-refractivity contribution is -0.384. The lowest BCUT2D eigenvalue weighted by Gasteiger charge is -2.04. The van der Waals surface area contributed by atoms with E-state index in [1.54, 1.807) is 0 Å². The summed E-state index contributed by atoms with van der Waals surface area (Å²) in [6.07, 6.45) is 1.54. The zero-order valence-electron chi connectivity index (χ0n) is 11.4. The highest BCUT2D eigenvalue weighted by Gasteiger charge is 2.18. The van der Waals surface area contributed by atoms with Crippen molar-refractivity contribution in [3.05, 3.63) is 50.2 Å². The summed E-state index contributed by atoms with van der Waals surface area (Å²) < 4.78 is 22.5. The fraction of sp³-hybridized carbons (Fsp3) is 0.0833. The van der Waals surface area contributed by atoms with Crippen LogP contribution in [-0.2, 0) is 10.0 Å². The number of nitrogens with one attached hydrogen (secondary N) is 1. The van der Waals surface area contributed by atoms with Crippen LogP contribution in [0.15, 0.2) is 39.6 Å². The number of benzene rings is 1. The summed E-state index contributed by atoms with van der Waals surface area (Å²) in [7, 11) is -4.01. The third-order valence-electron chi connectivity index (χ3n) is 2.76. The van der Waals surface area contributed by atoms with Gasteiger partial charge in [0.25, 0.3) is 5.69 Å². The Balaban J connectivity index is 2.29. The van der Waals surface area contributed by atoms with Crippen LogP contribution in [0.4, 0.5) is 11.4 Å². The van der Waals surface area contributed by atoms with Crippen LogP contribution in [0.2, 0.25) is 0 Å². The van der Waals surface area contributed by atoms with Crippen molar-refractivity contribution in [1.29, 1.82) is 0 Å². The van der Waals surface area contributed by atoms with E-state index in [1.165, 1.54) is 29.7 Å². The highest BCUT2D eigenvalue weighted by Crippen LogP contribution is 2.27. The minimum atomic E-state index is -4.01. The smallest absolute Gasteiger partial charge is 0.272 e. The van der Waals surface area contributed by atoms with Crippen LogP contribution in [0.3, 0.4) is 0 Å². The zero-order valence-corrected chi connectivity index (χ0v) is 13.0. The van der Waals surface area contributed by atoms with Crippen LogP contribution < -0.4 is 10.6 Å². The minimum Gasteiger partial charge on any atom is -0.272 e. The molecule has 0 saturated heterocycles. The topological polar surface area (TPSA) is 128 Å². The van der Waals surface area contributed by atoms with E-state index in [2.05, 4.69) is 10.5 Å². The van der Waals surface area contributed by atoms with E-state index in [9.17, 15) is 18.5 Å². The average molecular weight is 340 g/mol. The summed E-state index contributed by atoms with van der Waals surface area (Å²) >= 11 is 1.48. The van der Waals surface area contributed by atoms with Gasteiger partial charge in [-0.3, -0.25) is 15.5 Å². The van der Waals surface area contributed by atoms with Crippen LogP contribution in [0.25, 0.3) is 0 Å². The molecule has 1 heterocycles. The van der Waals surface area contributed by atoms with Crippen molar-refractivity contribution in [2.75, 3.05) is 5.43 Å². The first-order valence-corrected chi connectivity index (χ1v) is 8.36. The Morgan fingerprint density at radius 3 is 2.68 bits per heavy atom. The molecule has 0 amide bonds. The summed E-state index contributed by atoms with van der Waals surface area (Å²) in [4.78, 5) is 10.9. The van der Waals surface area contributed by atoms with E-state index in [0.717, 1.165) is 16.5 Å². The van der Waals surface area contributed by atoms with Crippen molar-refractivity contribution in [1.82, 2.24) is 0 Å². The Bertz CT molecular complexity index is 843. The average Bonchev–Trinajstić information content (AvgIpc) is 2.83. The predicted octanol–water partition coefficient (Wildman–Crippen LogP) is 2.06. The number of rotatable bonds is 5. The van der Waals surface area contributed by atoms with Gasteiger partial charge in [0.15, 0.2) is 0 Å². The van der Waals surface area contributed by atoms with Gasteiger partial charge in [0.2, 0.25) is 10.0 Å². The number of sulfonamides is 1. The molecular formula is C12H12N4O4S2. The number of hydrogen-bond donors (Lipinski definition) is 2. The first-order valence-electron chi connectivity index (χ1n) is 5.93. The number of thiophene rings is 1. The Morgan fingerprint density at radius 1 is 1.41 bits per heavy atom. The number of anilines is 1. The van der Waals surface area contributed by atoms with E-state index in [1.807, 2.05) is 18.4 Å². The Hall–Kier alpha value is -2.30. The fourth-order valence-corrected chi connectivity index (χ4v) is 2.93. The SMILES string of the molecule is Cc1ccsc1C=NNc1ccc(S(N)(=O)=O)cc1[N+](=O)[O-]. The quantitative estimate of drug-likeness (QED) is 0.489.